The van der Waals surface area contributed by atoms with Gasteiger partial charge < -0.3 is 59.6 Å². The summed E-state index contributed by atoms with van der Waals surface area (Å²) in [6.07, 6.45) is 0.647. The van der Waals surface area contributed by atoms with Crippen molar-refractivity contribution >= 4 is 84.3 Å². The number of anilines is 2. The van der Waals surface area contributed by atoms with Crippen molar-refractivity contribution in [1.29, 1.82) is 0 Å². The molecule has 538 valence electrons. The zero-order valence-corrected chi connectivity index (χ0v) is 57.8. The van der Waals surface area contributed by atoms with Gasteiger partial charge in [-0.25, -0.2) is 24.4 Å². The van der Waals surface area contributed by atoms with E-state index in [1.54, 1.807) is 30.5 Å². The van der Waals surface area contributed by atoms with Crippen molar-refractivity contribution in [2.24, 2.45) is 22.7 Å². The van der Waals surface area contributed by atoms with Crippen LogP contribution >= 0.6 is 11.3 Å². The van der Waals surface area contributed by atoms with Gasteiger partial charge in [-0.15, -0.1) is 0 Å². The molecule has 8 N–H and O–H groups in total. The number of aliphatic hydroxyl groups excluding tert-OH is 3. The van der Waals surface area contributed by atoms with Crippen molar-refractivity contribution in [1.82, 2.24) is 34.9 Å². The number of carboxylic acids is 2. The maximum Gasteiger partial charge on any atom is 0.410 e. The number of thiazole rings is 1. The number of carbonyl (C=O) groups is 7. The largest absolute Gasteiger partial charge is 0.479 e. The second-order valence-corrected chi connectivity index (χ2v) is 30.3. The highest BCUT2D eigenvalue weighted by atomic mass is 32.2. The molecular weight excluding hydrogens is 1350 g/mol. The number of para-hydroxylation sites is 1. The van der Waals surface area contributed by atoms with E-state index in [1.807, 2.05) is 59.0 Å². The molecule has 9 aliphatic rings. The lowest BCUT2D eigenvalue weighted by Gasteiger charge is -2.64. The van der Waals surface area contributed by atoms with Crippen LogP contribution in [-0.4, -0.2) is 191 Å². The number of carboxylic acid groups (broad SMARTS) is 2. The summed E-state index contributed by atoms with van der Waals surface area (Å²) in [5.74, 6) is -4.25. The number of carbonyl (C=O) groups excluding carboxylic acids is 5. The number of fused-ring (bicyclic) bond motifs is 2. The Morgan fingerprint density at radius 2 is 1.61 bits per heavy atom. The van der Waals surface area contributed by atoms with Crippen molar-refractivity contribution in [3.63, 3.8) is 0 Å². The average molecular weight is 1430 g/mol. The van der Waals surface area contributed by atoms with Crippen molar-refractivity contribution < 1.29 is 91.0 Å². The van der Waals surface area contributed by atoms with Crippen LogP contribution in [0.5, 0.6) is 5.75 Å². The van der Waals surface area contributed by atoms with E-state index in [0.29, 0.717) is 110 Å². The number of unbranched alkanes of at least 4 members (excludes halogenated alkanes) is 1. The number of aryl methyl sites for hydroxylation is 1. The summed E-state index contributed by atoms with van der Waals surface area (Å²) in [5.41, 5.74) is 4.57. The monoisotopic (exact) mass is 1430 g/mol. The molecular formula is C71H83N9O19S2. The van der Waals surface area contributed by atoms with Crippen molar-refractivity contribution in [2.75, 3.05) is 55.3 Å². The van der Waals surface area contributed by atoms with Crippen LogP contribution in [-0.2, 0) is 76.0 Å². The van der Waals surface area contributed by atoms with E-state index >= 15 is 0 Å². The first kappa shape index (κ1) is 72.1. The van der Waals surface area contributed by atoms with Gasteiger partial charge in [0.15, 0.2) is 16.9 Å². The van der Waals surface area contributed by atoms with Gasteiger partial charge in [-0.2, -0.15) is 13.5 Å². The summed E-state index contributed by atoms with van der Waals surface area (Å²) >= 11 is 1.39. The molecule has 1 saturated heterocycles. The fraction of sp³-hybridized carbons (Fsp3) is 0.493. The zero-order valence-electron chi connectivity index (χ0n) is 56.2. The number of aliphatic hydroxyl groups is 3. The molecule has 3 bridgehead atoms. The number of nitrogens with one attached hydrogen (secondary N) is 2. The fourth-order valence-corrected chi connectivity index (χ4v) is 17.4. The summed E-state index contributed by atoms with van der Waals surface area (Å²) in [6.45, 7) is 6.91. The van der Waals surface area contributed by atoms with E-state index in [0.717, 1.165) is 74.7 Å². The maximum absolute atomic E-state index is 14.2. The maximum atomic E-state index is 14.2. The summed E-state index contributed by atoms with van der Waals surface area (Å²) in [7, 11) is -4.60. The van der Waals surface area contributed by atoms with Gasteiger partial charge in [0.2, 0.25) is 12.2 Å². The van der Waals surface area contributed by atoms with E-state index in [4.69, 9.17) is 29.0 Å². The lowest BCUT2D eigenvalue weighted by molar-refractivity contribution is -0.271. The van der Waals surface area contributed by atoms with Gasteiger partial charge >= 0.3 is 18.0 Å². The number of aliphatic carboxylic acids is 1. The lowest BCUT2D eigenvalue weighted by Crippen LogP contribution is -2.61. The number of nitrogens with zero attached hydrogens (tertiary/aromatic N) is 7. The predicted molar refractivity (Wildman–Crippen MR) is 366 cm³/mol. The van der Waals surface area contributed by atoms with Gasteiger partial charge in [0, 0.05) is 92.3 Å². The number of benzene rings is 3. The number of aromatic carboxylic acids is 1. The number of pyridine rings is 1. The number of hydrogen-bond acceptors (Lipinski definition) is 21. The third kappa shape index (κ3) is 15.7. The third-order valence-electron chi connectivity index (χ3n) is 21.4. The highest BCUT2D eigenvalue weighted by Gasteiger charge is 2.60. The van der Waals surface area contributed by atoms with Crippen LogP contribution < -0.4 is 20.3 Å². The van der Waals surface area contributed by atoms with Gasteiger partial charge in [0.05, 0.1) is 34.4 Å². The molecule has 3 aromatic carbocycles. The number of amides is 5. The molecule has 6 heterocycles. The standard InChI is InChI=1S/C71H83N9O19S2/c1-41-34-69(40-80-43(3)49(36-73-80)47-16-17-54(75-58(47)64(88)89)78-27-20-45-10-8-11-48(50(45)37-78)63(87)76-67-74-51-12-4-5-13-53(51)100-67)35-42(2)71(41)24-22-70(39-69,23-25-71)97-31-29-77(30-32-101(93,94)95)68(92)96-38-46-15-14-44(9-6-7-26-72-55(81)21-28-79-56(82)18-19-57(79)83)33-52(46)98-66-61(86)59(84)60(85)62(99-66)65(90)91/h4-5,8,10-19,33,36,41-42,59-62,66,84-86H,6-7,9,20-32,34-35,37-40H2,1-3H3,(H,72,81)(H,88,89)(H,90,91)(H,74,76,87)(H,93,94,95)/t41?,42?,59-,60-,61+,62-,66+,69?,70?,71?/m0/s1. The van der Waals surface area contributed by atoms with Crippen LogP contribution in [0, 0.1) is 29.6 Å². The van der Waals surface area contributed by atoms with Gasteiger partial charge in [-0.1, -0.05) is 61.6 Å². The summed E-state index contributed by atoms with van der Waals surface area (Å²) < 4.78 is 61.6. The smallest absolute Gasteiger partial charge is 0.410 e. The topological polar surface area (TPSA) is 389 Å². The molecule has 28 nitrogen and oxygen atoms in total. The molecule has 7 atom stereocenters. The Bertz CT molecular complexity index is 4260. The molecule has 3 aliphatic heterocycles. The Balaban J connectivity index is 0.718. The van der Waals surface area contributed by atoms with E-state index in [-0.39, 0.29) is 72.3 Å². The van der Waals surface area contributed by atoms with Crippen LogP contribution in [0.1, 0.15) is 127 Å². The number of imide groups is 1. The number of aromatic nitrogens is 4. The van der Waals surface area contributed by atoms with Crippen LogP contribution in [0.4, 0.5) is 15.7 Å². The van der Waals surface area contributed by atoms with Crippen molar-refractivity contribution in [3.05, 3.63) is 130 Å². The van der Waals surface area contributed by atoms with E-state index in [9.17, 15) is 72.1 Å². The molecule has 6 saturated carbocycles. The Kier molecular flexibility index (Phi) is 21.2. The normalized spacial score (nSPS) is 25.4. The molecule has 7 fully saturated rings. The summed E-state index contributed by atoms with van der Waals surface area (Å²) in [5, 5.41) is 63.8. The van der Waals surface area contributed by atoms with Gasteiger partial charge in [-0.05, 0) is 153 Å². The Morgan fingerprint density at radius 3 is 2.34 bits per heavy atom. The van der Waals surface area contributed by atoms with Gasteiger partial charge in [0.1, 0.15) is 36.5 Å². The first-order valence-electron chi connectivity index (χ1n) is 34.0. The van der Waals surface area contributed by atoms with Gasteiger partial charge in [0.25, 0.3) is 27.8 Å². The first-order chi connectivity index (χ1) is 48.2. The molecule has 15 rings (SSSR count). The highest BCUT2D eigenvalue weighted by Crippen LogP contribution is 2.66. The summed E-state index contributed by atoms with van der Waals surface area (Å²) in [6, 6.07) is 21.7. The quantitative estimate of drug-likeness (QED) is 0.0151. The minimum absolute atomic E-state index is 0.0408. The van der Waals surface area contributed by atoms with Crippen LogP contribution in [0.25, 0.3) is 21.3 Å². The Morgan fingerprint density at radius 1 is 0.861 bits per heavy atom. The van der Waals surface area contributed by atoms with Crippen LogP contribution in [0.2, 0.25) is 0 Å². The molecule has 6 aromatic rings. The van der Waals surface area contributed by atoms with Crippen molar-refractivity contribution in [2.45, 2.75) is 154 Å². The van der Waals surface area contributed by atoms with Gasteiger partial charge in [-0.3, -0.25) is 38.6 Å². The molecule has 101 heavy (non-hydrogen) atoms. The van der Waals surface area contributed by atoms with Crippen molar-refractivity contribution in [3.8, 4) is 16.9 Å². The lowest BCUT2D eigenvalue weighted by atomic mass is 9.43. The van der Waals surface area contributed by atoms with E-state index in [2.05, 4.69) is 29.5 Å². The number of rotatable bonds is 27. The predicted octanol–water partition coefficient (Wildman–Crippen LogP) is 6.70. The fourth-order valence-electron chi connectivity index (χ4n) is 16.1. The molecule has 2 unspecified atom stereocenters. The van der Waals surface area contributed by atoms with E-state index < -0.39 is 95.2 Å². The number of hydrogen-bond donors (Lipinski definition) is 8. The molecule has 1 spiro atoms. The zero-order chi connectivity index (χ0) is 71.7. The Hall–Kier alpha value is -8.75. The van der Waals surface area contributed by atoms with Crippen LogP contribution in [0.3, 0.4) is 0 Å². The first-order valence-corrected chi connectivity index (χ1v) is 36.4. The third-order valence-corrected chi connectivity index (χ3v) is 23.1. The average Bonchev–Trinajstić information content (AvgIpc) is 1.00. The highest BCUT2D eigenvalue weighted by molar-refractivity contribution is 7.85. The molecule has 30 heteroatoms. The minimum atomic E-state index is -4.60. The SMILES string of the molecule is Cc1c(-c2ccc(N3CCc4cccc(C(=O)Nc5nc6ccccc6s5)c4C3)nc2C(=O)O)cnn1CC12CC(C)C3(CCC(OCCN(CCS(=O)(=O)O)C(=O)OCc4ccc(CCCCNC(=O)CCN5C(=O)C=CC5=O)cc4O[C@@H]4O[C@H](C(=O)O)[C@@H](O)[C@H](O)[C@H]4O)(CC3)C1)C(C)C2. The second kappa shape index (κ2) is 29.7. The Labute approximate surface area is 586 Å². The molecule has 3 aromatic heterocycles. The van der Waals surface area contributed by atoms with Crippen LogP contribution in [0.15, 0.2) is 91.1 Å². The number of ether oxygens (including phenoxy) is 4. The van der Waals surface area contributed by atoms with E-state index in [1.165, 1.54) is 17.4 Å². The minimum Gasteiger partial charge on any atom is -0.479 e. The molecule has 5 amide bonds. The second-order valence-electron chi connectivity index (χ2n) is 27.7. The summed E-state index contributed by atoms with van der Waals surface area (Å²) in [4.78, 5) is 103. The molecule has 6 aliphatic carbocycles. The molecule has 0 radical (unpaired) electrons.